The molecule has 7 nitrogen and oxygen atoms in total. The molecule has 0 bridgehead atoms. The number of methoxy groups -OCH3 is 1. The smallest absolute Gasteiger partial charge is 0.434 e. The summed E-state index contributed by atoms with van der Waals surface area (Å²) < 4.78 is 60.9. The molecular formula is C26H21ClF3IN2O5S. The van der Waals surface area contributed by atoms with Crippen LogP contribution >= 0.6 is 45.5 Å². The summed E-state index contributed by atoms with van der Waals surface area (Å²) in [4.78, 5) is 30.3. The summed E-state index contributed by atoms with van der Waals surface area (Å²) in [5.41, 5.74) is -2.11. The number of thiazole rings is 1. The molecule has 2 aromatic carbocycles. The lowest BCUT2D eigenvalue weighted by Crippen LogP contribution is -2.41. The molecule has 0 N–H and O–H groups in total. The van der Waals surface area contributed by atoms with Crippen molar-refractivity contribution in [2.24, 2.45) is 4.99 Å². The Bertz CT molecular complexity index is 1630. The van der Waals surface area contributed by atoms with E-state index in [0.29, 0.717) is 28.7 Å². The van der Waals surface area contributed by atoms with Gasteiger partial charge < -0.3 is 14.2 Å². The summed E-state index contributed by atoms with van der Waals surface area (Å²) in [6.07, 6.45) is -3.48. The van der Waals surface area contributed by atoms with Crippen LogP contribution in [0.15, 0.2) is 57.5 Å². The fourth-order valence-electron chi connectivity index (χ4n) is 4.09. The molecule has 0 amide bonds. The van der Waals surface area contributed by atoms with Crippen molar-refractivity contribution in [1.29, 1.82) is 0 Å². The van der Waals surface area contributed by atoms with E-state index in [1.807, 2.05) is 0 Å². The van der Waals surface area contributed by atoms with Gasteiger partial charge in [0.25, 0.3) is 5.56 Å². The van der Waals surface area contributed by atoms with Gasteiger partial charge in [0.1, 0.15) is 0 Å². The average Bonchev–Trinajstić information content (AvgIpc) is 3.19. The number of esters is 1. The maximum Gasteiger partial charge on any atom is 0.434 e. The highest BCUT2D eigenvalue weighted by molar-refractivity contribution is 14.1. The molecule has 206 valence electrons. The summed E-state index contributed by atoms with van der Waals surface area (Å²) in [5.74, 6) is -0.404. The van der Waals surface area contributed by atoms with Crippen LogP contribution in [0.1, 0.15) is 31.0 Å². The number of carbonyl (C=O) groups is 1. The topological polar surface area (TPSA) is 79.1 Å². The lowest BCUT2D eigenvalue weighted by Gasteiger charge is -2.26. The Hall–Kier alpha value is -2.84. The summed E-state index contributed by atoms with van der Waals surface area (Å²) in [7, 11) is 1.48. The van der Waals surface area contributed by atoms with E-state index in [9.17, 15) is 22.8 Å². The van der Waals surface area contributed by atoms with Gasteiger partial charge in [-0.2, -0.15) is 13.2 Å². The highest BCUT2D eigenvalue weighted by atomic mass is 127. The Morgan fingerprint density at radius 3 is 2.49 bits per heavy atom. The second-order valence-electron chi connectivity index (χ2n) is 8.07. The Labute approximate surface area is 243 Å². The number of halogens is 5. The van der Waals surface area contributed by atoms with E-state index < -0.39 is 35.0 Å². The van der Waals surface area contributed by atoms with E-state index in [1.165, 1.54) is 44.4 Å². The number of fused-ring (bicyclic) bond motifs is 1. The minimum Gasteiger partial charge on any atom is -0.493 e. The van der Waals surface area contributed by atoms with Gasteiger partial charge >= 0.3 is 12.1 Å². The van der Waals surface area contributed by atoms with Crippen molar-refractivity contribution in [2.75, 3.05) is 20.3 Å². The molecule has 3 aromatic rings. The molecule has 1 aliphatic rings. The van der Waals surface area contributed by atoms with Crippen molar-refractivity contribution in [2.45, 2.75) is 26.1 Å². The molecule has 0 unspecified atom stereocenters. The molecule has 0 saturated heterocycles. The first-order valence-electron chi connectivity index (χ1n) is 11.6. The SMILES string of the molecule is CCOC(=O)C1=C(C(F)(F)F)N=c2s/c(=C\c3cc(I)cc(OC)c3OCC)c(=O)n2[C@H]1c1ccc(Cl)cc1. The van der Waals surface area contributed by atoms with Gasteiger partial charge in [-0.15, -0.1) is 0 Å². The molecule has 0 fully saturated rings. The minimum absolute atomic E-state index is 0.0874. The second kappa shape index (κ2) is 11.7. The monoisotopic (exact) mass is 692 g/mol. The minimum atomic E-state index is -4.99. The Morgan fingerprint density at radius 1 is 1.21 bits per heavy atom. The maximum atomic E-state index is 14.3. The number of benzene rings is 2. The molecule has 1 aromatic heterocycles. The standard InChI is InChI=1S/C26H21ClF3IN2O5S/c1-4-37-21-14(10-16(31)12-17(21)36-3)11-18-23(34)33-20(13-6-8-15(27)9-7-13)19(24(35)38-5-2)22(26(28,29)30)32-25(33)39-18/h6-12,20H,4-5H2,1-3H3/b18-11-/t20-/m0/s1. The van der Waals surface area contributed by atoms with E-state index in [-0.39, 0.29) is 21.5 Å². The van der Waals surface area contributed by atoms with Gasteiger partial charge in [-0.25, -0.2) is 9.79 Å². The number of carbonyl (C=O) groups excluding carboxylic acids is 1. The van der Waals surface area contributed by atoms with Gasteiger partial charge in [-0.3, -0.25) is 9.36 Å². The quantitative estimate of drug-likeness (QED) is 0.257. The Kier molecular flexibility index (Phi) is 8.76. The first-order valence-corrected chi connectivity index (χ1v) is 13.8. The predicted molar refractivity (Wildman–Crippen MR) is 149 cm³/mol. The zero-order valence-electron chi connectivity index (χ0n) is 20.8. The normalized spacial score (nSPS) is 15.6. The van der Waals surface area contributed by atoms with Crippen LogP contribution in [0.5, 0.6) is 11.5 Å². The maximum absolute atomic E-state index is 14.3. The van der Waals surface area contributed by atoms with Gasteiger partial charge in [0, 0.05) is 14.2 Å². The third-order valence-corrected chi connectivity index (χ3v) is 7.48. The first-order chi connectivity index (χ1) is 18.5. The molecular weight excluding hydrogens is 672 g/mol. The number of alkyl halides is 3. The van der Waals surface area contributed by atoms with Gasteiger partial charge in [0.2, 0.25) is 0 Å². The number of hydrogen-bond donors (Lipinski definition) is 0. The molecule has 0 saturated carbocycles. The van der Waals surface area contributed by atoms with Crippen LogP contribution < -0.4 is 24.4 Å². The van der Waals surface area contributed by atoms with Crippen LogP contribution in [0.2, 0.25) is 5.02 Å². The fraction of sp³-hybridized carbons (Fsp3) is 0.269. The number of aromatic nitrogens is 1. The van der Waals surface area contributed by atoms with E-state index >= 15 is 0 Å². The molecule has 2 heterocycles. The van der Waals surface area contributed by atoms with Crippen molar-refractivity contribution >= 4 is 57.6 Å². The highest BCUT2D eigenvalue weighted by Gasteiger charge is 2.45. The molecule has 1 aliphatic heterocycles. The predicted octanol–water partition coefficient (Wildman–Crippen LogP) is 5.01. The van der Waals surface area contributed by atoms with Gasteiger partial charge in [0.05, 0.1) is 36.5 Å². The molecule has 0 aliphatic carbocycles. The van der Waals surface area contributed by atoms with Crippen molar-refractivity contribution in [3.8, 4) is 11.5 Å². The van der Waals surface area contributed by atoms with Gasteiger partial charge in [0.15, 0.2) is 22.0 Å². The van der Waals surface area contributed by atoms with E-state index in [2.05, 4.69) is 27.6 Å². The zero-order chi connectivity index (χ0) is 28.5. The van der Waals surface area contributed by atoms with Crippen molar-refractivity contribution in [3.63, 3.8) is 0 Å². The van der Waals surface area contributed by atoms with Crippen LogP contribution in [0.4, 0.5) is 13.2 Å². The largest absolute Gasteiger partial charge is 0.493 e. The molecule has 1 atom stereocenters. The van der Waals surface area contributed by atoms with E-state index in [1.54, 1.807) is 19.1 Å². The number of nitrogens with zero attached hydrogens (tertiary/aromatic N) is 2. The summed E-state index contributed by atoms with van der Waals surface area (Å²) in [6, 6.07) is 7.92. The first kappa shape index (κ1) is 29.2. The van der Waals surface area contributed by atoms with Crippen molar-refractivity contribution in [1.82, 2.24) is 4.57 Å². The van der Waals surface area contributed by atoms with Gasteiger partial charge in [-0.05, 0) is 72.3 Å². The van der Waals surface area contributed by atoms with Crippen LogP contribution in [-0.2, 0) is 9.53 Å². The third kappa shape index (κ3) is 5.87. The van der Waals surface area contributed by atoms with Crippen LogP contribution in [0.3, 0.4) is 0 Å². The summed E-state index contributed by atoms with van der Waals surface area (Å²) in [6.45, 7) is 3.41. The Morgan fingerprint density at radius 2 is 1.90 bits per heavy atom. The average molecular weight is 693 g/mol. The van der Waals surface area contributed by atoms with Crippen LogP contribution in [0.25, 0.3) is 6.08 Å². The number of hydrogen-bond acceptors (Lipinski definition) is 7. The molecule has 4 rings (SSSR count). The zero-order valence-corrected chi connectivity index (χ0v) is 24.5. The third-order valence-electron chi connectivity index (χ3n) is 5.62. The highest BCUT2D eigenvalue weighted by Crippen LogP contribution is 2.39. The van der Waals surface area contributed by atoms with E-state index in [0.717, 1.165) is 19.5 Å². The number of allylic oxidation sites excluding steroid dienone is 1. The lowest BCUT2D eigenvalue weighted by molar-refractivity contribution is -0.140. The van der Waals surface area contributed by atoms with E-state index in [4.69, 9.17) is 25.8 Å². The van der Waals surface area contributed by atoms with Crippen molar-refractivity contribution in [3.05, 3.63) is 87.1 Å². The van der Waals surface area contributed by atoms with Gasteiger partial charge in [-0.1, -0.05) is 35.1 Å². The fourth-order valence-corrected chi connectivity index (χ4v) is 5.82. The van der Waals surface area contributed by atoms with Crippen LogP contribution in [0, 0.1) is 3.57 Å². The summed E-state index contributed by atoms with van der Waals surface area (Å²) in [5, 5.41) is 0.333. The number of rotatable bonds is 7. The lowest BCUT2D eigenvalue weighted by atomic mass is 9.95. The molecule has 0 radical (unpaired) electrons. The second-order valence-corrected chi connectivity index (χ2v) is 10.8. The van der Waals surface area contributed by atoms with Crippen molar-refractivity contribution < 1.29 is 32.2 Å². The number of ether oxygens (including phenoxy) is 3. The summed E-state index contributed by atoms with van der Waals surface area (Å²) >= 11 is 8.86. The molecule has 0 spiro atoms. The molecule has 13 heteroatoms. The molecule has 39 heavy (non-hydrogen) atoms. The Balaban J connectivity index is 2.06. The van der Waals surface area contributed by atoms with Crippen LogP contribution in [-0.4, -0.2) is 37.0 Å².